The zero-order chi connectivity index (χ0) is 12.3. The molecule has 1 saturated heterocycles. The highest BCUT2D eigenvalue weighted by atomic mass is 19.1. The van der Waals surface area contributed by atoms with Gasteiger partial charge in [-0.2, -0.15) is 0 Å². The van der Waals surface area contributed by atoms with Crippen molar-refractivity contribution in [2.45, 2.75) is 18.8 Å². The van der Waals surface area contributed by atoms with Crippen molar-refractivity contribution in [2.24, 2.45) is 0 Å². The van der Waals surface area contributed by atoms with E-state index in [4.69, 9.17) is 5.11 Å². The molecule has 0 saturated carbocycles. The van der Waals surface area contributed by atoms with Crippen LogP contribution in [0.4, 0.5) is 9.18 Å². The van der Waals surface area contributed by atoms with E-state index < -0.39 is 6.16 Å². The summed E-state index contributed by atoms with van der Waals surface area (Å²) in [5.41, 5.74) is 1.10. The quantitative estimate of drug-likeness (QED) is 0.861. The molecule has 4 nitrogen and oxygen atoms in total. The lowest BCUT2D eigenvalue weighted by molar-refractivity contribution is -0.131. The molecule has 1 heterocycles. The van der Waals surface area contributed by atoms with Crippen LogP contribution in [-0.4, -0.2) is 29.4 Å². The molecule has 1 aromatic rings. The van der Waals surface area contributed by atoms with Crippen LogP contribution in [0.3, 0.4) is 0 Å². The van der Waals surface area contributed by atoms with Crippen molar-refractivity contribution >= 4 is 6.16 Å². The molecule has 1 aromatic carbocycles. The lowest BCUT2D eigenvalue weighted by atomic mass is 9.90. The zero-order valence-corrected chi connectivity index (χ0v) is 9.30. The highest BCUT2D eigenvalue weighted by Crippen LogP contribution is 2.28. The number of halogens is 1. The van der Waals surface area contributed by atoms with E-state index in [1.54, 1.807) is 12.1 Å². The first kappa shape index (κ1) is 11.9. The fraction of sp³-hybridized carbons (Fsp3) is 0.417. The van der Waals surface area contributed by atoms with Crippen molar-refractivity contribution in [3.63, 3.8) is 0 Å². The topological polar surface area (TPSA) is 49.8 Å². The van der Waals surface area contributed by atoms with Crippen molar-refractivity contribution in [2.75, 3.05) is 13.1 Å². The Kier molecular flexibility index (Phi) is 3.58. The van der Waals surface area contributed by atoms with E-state index in [-0.39, 0.29) is 5.82 Å². The van der Waals surface area contributed by atoms with Crippen molar-refractivity contribution in [1.82, 2.24) is 5.06 Å². The number of carbonyl (C=O) groups is 1. The minimum atomic E-state index is -1.27. The average Bonchev–Trinajstić information content (AvgIpc) is 2.30. The van der Waals surface area contributed by atoms with Gasteiger partial charge >= 0.3 is 6.16 Å². The largest absolute Gasteiger partial charge is 0.525 e. The van der Waals surface area contributed by atoms with E-state index in [2.05, 4.69) is 4.84 Å². The number of benzene rings is 1. The van der Waals surface area contributed by atoms with Gasteiger partial charge in [0.1, 0.15) is 5.82 Å². The molecule has 2 rings (SSSR count). The summed E-state index contributed by atoms with van der Waals surface area (Å²) in [5, 5.41) is 9.92. The summed E-state index contributed by atoms with van der Waals surface area (Å²) in [6.07, 6.45) is 0.364. The van der Waals surface area contributed by atoms with E-state index in [9.17, 15) is 9.18 Å². The maximum absolute atomic E-state index is 12.8. The summed E-state index contributed by atoms with van der Waals surface area (Å²) in [4.78, 5) is 14.9. The van der Waals surface area contributed by atoms with Crippen LogP contribution in [0.2, 0.25) is 0 Å². The average molecular weight is 239 g/mol. The molecule has 5 heteroatoms. The summed E-state index contributed by atoms with van der Waals surface area (Å²) in [5.74, 6) is 0.115. The van der Waals surface area contributed by atoms with Crippen LogP contribution in [0.25, 0.3) is 0 Å². The fourth-order valence-electron chi connectivity index (χ4n) is 2.13. The summed E-state index contributed by atoms with van der Waals surface area (Å²) < 4.78 is 12.8. The first-order valence-corrected chi connectivity index (χ1v) is 5.56. The van der Waals surface area contributed by atoms with E-state index in [1.165, 1.54) is 17.2 Å². The second-order valence-corrected chi connectivity index (χ2v) is 4.11. The molecule has 17 heavy (non-hydrogen) atoms. The van der Waals surface area contributed by atoms with Gasteiger partial charge in [-0.25, -0.2) is 9.18 Å². The third-order valence-electron chi connectivity index (χ3n) is 3.00. The van der Waals surface area contributed by atoms with E-state index >= 15 is 0 Å². The van der Waals surface area contributed by atoms with Gasteiger partial charge in [-0.1, -0.05) is 12.1 Å². The molecule has 0 aromatic heterocycles. The number of nitrogens with zero attached hydrogens (tertiary/aromatic N) is 1. The molecule has 1 aliphatic rings. The monoisotopic (exact) mass is 239 g/mol. The number of hydrogen-bond donors (Lipinski definition) is 1. The van der Waals surface area contributed by atoms with Gasteiger partial charge in [0.2, 0.25) is 0 Å². The highest BCUT2D eigenvalue weighted by molar-refractivity contribution is 5.56. The van der Waals surface area contributed by atoms with E-state index in [0.717, 1.165) is 18.4 Å². The van der Waals surface area contributed by atoms with Crippen LogP contribution in [0.5, 0.6) is 0 Å². The highest BCUT2D eigenvalue weighted by Gasteiger charge is 2.22. The van der Waals surface area contributed by atoms with Gasteiger partial charge in [0.25, 0.3) is 0 Å². The van der Waals surface area contributed by atoms with Crippen molar-refractivity contribution in [3.8, 4) is 0 Å². The van der Waals surface area contributed by atoms with Crippen LogP contribution >= 0.6 is 0 Å². The molecule has 0 atom stereocenters. The van der Waals surface area contributed by atoms with E-state index in [1.807, 2.05) is 0 Å². The molecule has 0 amide bonds. The molecule has 0 radical (unpaired) electrons. The van der Waals surface area contributed by atoms with Crippen molar-refractivity contribution in [3.05, 3.63) is 35.6 Å². The smallest absolute Gasteiger partial charge is 0.448 e. The molecular formula is C12H14FNO3. The second kappa shape index (κ2) is 5.14. The third kappa shape index (κ3) is 3.17. The van der Waals surface area contributed by atoms with Crippen molar-refractivity contribution in [1.29, 1.82) is 0 Å². The van der Waals surface area contributed by atoms with Gasteiger partial charge in [0, 0.05) is 13.1 Å². The number of hydroxylamine groups is 2. The molecule has 0 unspecified atom stereocenters. The Morgan fingerprint density at radius 1 is 1.29 bits per heavy atom. The molecule has 0 aliphatic carbocycles. The molecule has 1 N–H and O–H groups in total. The van der Waals surface area contributed by atoms with Gasteiger partial charge in [-0.15, -0.1) is 5.06 Å². The third-order valence-corrected chi connectivity index (χ3v) is 3.00. The molecular weight excluding hydrogens is 225 g/mol. The molecule has 0 spiro atoms. The van der Waals surface area contributed by atoms with E-state index in [0.29, 0.717) is 19.0 Å². The Balaban J connectivity index is 1.90. The summed E-state index contributed by atoms with van der Waals surface area (Å²) in [7, 11) is 0. The number of piperidine rings is 1. The van der Waals surface area contributed by atoms with Gasteiger partial charge < -0.3 is 9.94 Å². The predicted molar refractivity (Wildman–Crippen MR) is 59.1 cm³/mol. The Morgan fingerprint density at radius 2 is 1.88 bits per heavy atom. The lowest BCUT2D eigenvalue weighted by Gasteiger charge is -2.29. The summed E-state index contributed by atoms with van der Waals surface area (Å²) in [6, 6.07) is 6.48. The zero-order valence-electron chi connectivity index (χ0n) is 9.30. The molecule has 0 bridgehead atoms. The van der Waals surface area contributed by atoms with Gasteiger partial charge in [-0.3, -0.25) is 0 Å². The number of hydrogen-bond acceptors (Lipinski definition) is 3. The summed E-state index contributed by atoms with van der Waals surface area (Å²) in [6.45, 7) is 1.16. The lowest BCUT2D eigenvalue weighted by Crippen LogP contribution is -2.34. The minimum Gasteiger partial charge on any atom is -0.448 e. The Bertz CT molecular complexity index is 385. The molecule has 92 valence electrons. The standard InChI is InChI=1S/C12H14FNO3/c13-11-3-1-9(2-4-11)10-5-7-14(8-6-10)17-12(15)16/h1-4,10H,5-8H2,(H,15,16). The Labute approximate surface area is 98.6 Å². The van der Waals surface area contributed by atoms with Crippen LogP contribution < -0.4 is 0 Å². The predicted octanol–water partition coefficient (Wildman–Crippen LogP) is 2.61. The van der Waals surface area contributed by atoms with Gasteiger partial charge in [0.15, 0.2) is 0 Å². The number of rotatable bonds is 2. The van der Waals surface area contributed by atoms with Crippen LogP contribution in [-0.2, 0) is 4.84 Å². The van der Waals surface area contributed by atoms with Crippen molar-refractivity contribution < 1.29 is 19.1 Å². The van der Waals surface area contributed by atoms with Gasteiger partial charge in [-0.05, 0) is 36.5 Å². The number of carboxylic acid groups (broad SMARTS) is 1. The van der Waals surface area contributed by atoms with Gasteiger partial charge in [0.05, 0.1) is 0 Å². The maximum Gasteiger partial charge on any atom is 0.525 e. The normalized spacial score (nSPS) is 17.9. The van der Waals surface area contributed by atoms with Crippen LogP contribution in [0.1, 0.15) is 24.3 Å². The first-order chi connectivity index (χ1) is 8.15. The van der Waals surface area contributed by atoms with Crippen LogP contribution in [0, 0.1) is 5.82 Å². The molecule has 1 aliphatic heterocycles. The fourth-order valence-corrected chi connectivity index (χ4v) is 2.13. The molecule has 1 fully saturated rings. The minimum absolute atomic E-state index is 0.236. The maximum atomic E-state index is 12.8. The first-order valence-electron chi connectivity index (χ1n) is 5.56. The Morgan fingerprint density at radius 3 is 2.41 bits per heavy atom. The Hall–Kier alpha value is -1.62. The second-order valence-electron chi connectivity index (χ2n) is 4.11. The summed E-state index contributed by atoms with van der Waals surface area (Å²) >= 11 is 0. The van der Waals surface area contributed by atoms with Crippen LogP contribution in [0.15, 0.2) is 24.3 Å². The SMILES string of the molecule is O=C(O)ON1CCC(c2ccc(F)cc2)CC1.